The summed E-state index contributed by atoms with van der Waals surface area (Å²) in [5.74, 6) is -1.03. The van der Waals surface area contributed by atoms with Crippen molar-refractivity contribution in [2.24, 2.45) is 10.7 Å². The number of nitrogens with two attached hydrogens (primary N) is 1. The van der Waals surface area contributed by atoms with Crippen LogP contribution in [-0.2, 0) is 10.3 Å². The molecule has 0 saturated carbocycles. The number of hydrogen-bond donors (Lipinski definition) is 2. The molecule has 2 heterocycles. The molecule has 1 aliphatic rings. The molecule has 0 radical (unpaired) electrons. The van der Waals surface area contributed by atoms with Crippen LogP contribution in [0.4, 0.5) is 4.39 Å². The zero-order valence-corrected chi connectivity index (χ0v) is 14.3. The molecule has 1 aromatic carbocycles. The molecule has 1 aromatic heterocycles. The highest BCUT2D eigenvalue weighted by molar-refractivity contribution is 7.10. The molecule has 8 heteroatoms. The average Bonchev–Trinajstić information content (AvgIpc) is 3.08. The summed E-state index contributed by atoms with van der Waals surface area (Å²) < 4.78 is 13.7. The zero-order chi connectivity index (χ0) is 18.4. The third-order valence-electron chi connectivity index (χ3n) is 4.25. The van der Waals surface area contributed by atoms with Crippen molar-refractivity contribution >= 4 is 23.2 Å². The van der Waals surface area contributed by atoms with Gasteiger partial charge in [0.15, 0.2) is 12.1 Å². The van der Waals surface area contributed by atoms with Gasteiger partial charge in [0.1, 0.15) is 11.4 Å². The molecule has 1 amide bonds. The number of amides is 1. The predicted octanol–water partition coefficient (Wildman–Crippen LogP) is 1.79. The highest BCUT2D eigenvalue weighted by atomic mass is 32.1. The molecule has 25 heavy (non-hydrogen) atoms. The minimum atomic E-state index is -1.38. The maximum absolute atomic E-state index is 13.7. The molecule has 3 rings (SSSR count). The fourth-order valence-electron chi connectivity index (χ4n) is 2.67. The van der Waals surface area contributed by atoms with Crippen LogP contribution in [0.5, 0.6) is 0 Å². The Labute approximate surface area is 147 Å². The first-order valence-electron chi connectivity index (χ1n) is 7.37. The van der Waals surface area contributed by atoms with Gasteiger partial charge in [-0.05, 0) is 47.7 Å². The van der Waals surface area contributed by atoms with Crippen LogP contribution >= 0.6 is 11.3 Å². The molecule has 1 unspecified atom stereocenters. The molecule has 128 valence electrons. The van der Waals surface area contributed by atoms with E-state index < -0.39 is 23.4 Å². The number of carbonyl (C=O) groups excluding carboxylic acids is 1. The summed E-state index contributed by atoms with van der Waals surface area (Å²) in [5, 5.41) is 21.1. The van der Waals surface area contributed by atoms with E-state index in [0.717, 1.165) is 11.0 Å². The smallest absolute Gasteiger partial charge is 0.260 e. The van der Waals surface area contributed by atoms with Gasteiger partial charge in [-0.3, -0.25) is 9.69 Å². The van der Waals surface area contributed by atoms with Crippen molar-refractivity contribution < 1.29 is 14.3 Å². The number of guanidine groups is 1. The number of rotatable bonds is 2. The minimum Gasteiger partial charge on any atom is -0.380 e. The van der Waals surface area contributed by atoms with E-state index in [9.17, 15) is 14.3 Å². The van der Waals surface area contributed by atoms with Crippen molar-refractivity contribution in [3.05, 3.63) is 45.9 Å². The van der Waals surface area contributed by atoms with Crippen LogP contribution in [0.2, 0.25) is 0 Å². The van der Waals surface area contributed by atoms with E-state index >= 15 is 0 Å². The summed E-state index contributed by atoms with van der Waals surface area (Å²) in [6, 6.07) is 7.69. The van der Waals surface area contributed by atoms with Crippen molar-refractivity contribution in [1.29, 1.82) is 5.26 Å². The van der Waals surface area contributed by atoms with Crippen LogP contribution < -0.4 is 5.73 Å². The maximum atomic E-state index is 13.7. The number of halogens is 1. The monoisotopic (exact) mass is 358 g/mol. The second-order valence-corrected chi connectivity index (χ2v) is 6.87. The van der Waals surface area contributed by atoms with Crippen LogP contribution in [0, 0.1) is 17.1 Å². The van der Waals surface area contributed by atoms with Gasteiger partial charge in [-0.15, -0.1) is 11.3 Å². The van der Waals surface area contributed by atoms with Crippen LogP contribution in [0.25, 0.3) is 11.1 Å². The van der Waals surface area contributed by atoms with E-state index in [1.807, 2.05) is 6.07 Å². The summed E-state index contributed by atoms with van der Waals surface area (Å²) in [7, 11) is 1.44. The average molecular weight is 358 g/mol. The number of thiophene rings is 1. The molecular weight excluding hydrogens is 343 g/mol. The lowest BCUT2D eigenvalue weighted by Gasteiger charge is -2.36. The Morgan fingerprint density at radius 2 is 2.12 bits per heavy atom. The minimum absolute atomic E-state index is 0.0188. The second kappa shape index (κ2) is 5.95. The quantitative estimate of drug-likeness (QED) is 0.854. The normalized spacial score (nSPS) is 23.3. The number of aliphatic imine (C=N–C) groups is 1. The number of carbonyl (C=O) groups is 1. The molecule has 0 aliphatic carbocycles. The van der Waals surface area contributed by atoms with Crippen molar-refractivity contribution in [2.75, 3.05) is 7.05 Å². The number of benzene rings is 1. The molecule has 2 aromatic rings. The highest BCUT2D eigenvalue weighted by Crippen LogP contribution is 2.39. The topological polar surface area (TPSA) is 103 Å². The first-order chi connectivity index (χ1) is 11.8. The Morgan fingerprint density at radius 3 is 2.80 bits per heavy atom. The summed E-state index contributed by atoms with van der Waals surface area (Å²) in [5.41, 5.74) is 5.98. The standard InChI is InChI=1S/C17H15FN4O2S/c1-17(14(23)15(24)22(2)16(20)21-17)13-6-11(8-25-13)10-3-9(7-19)4-12(18)5-10/h3-6,8,14,23H,1-2H3,(H2,20,21)/t14?,17-/m1/s1. The van der Waals surface area contributed by atoms with Gasteiger partial charge < -0.3 is 10.8 Å². The molecule has 2 atom stereocenters. The fourth-order valence-corrected chi connectivity index (χ4v) is 3.72. The van der Waals surface area contributed by atoms with Gasteiger partial charge in [-0.25, -0.2) is 9.38 Å². The largest absolute Gasteiger partial charge is 0.380 e. The van der Waals surface area contributed by atoms with E-state index in [1.54, 1.807) is 24.4 Å². The van der Waals surface area contributed by atoms with Crippen LogP contribution in [0.3, 0.4) is 0 Å². The number of nitriles is 1. The number of nitrogens with zero attached hydrogens (tertiary/aromatic N) is 3. The lowest BCUT2D eigenvalue weighted by atomic mass is 9.90. The Morgan fingerprint density at radius 1 is 1.40 bits per heavy atom. The number of hydrogen-bond acceptors (Lipinski definition) is 6. The van der Waals surface area contributed by atoms with Crippen LogP contribution in [-0.4, -0.2) is 35.0 Å². The Balaban J connectivity index is 2.06. The highest BCUT2D eigenvalue weighted by Gasteiger charge is 2.46. The van der Waals surface area contributed by atoms with E-state index in [0.29, 0.717) is 16.0 Å². The van der Waals surface area contributed by atoms with Crippen LogP contribution in [0.15, 0.2) is 34.6 Å². The molecule has 1 aliphatic heterocycles. The SMILES string of the molecule is CN1C(=O)C(O)[C@@](C)(c2cc(-c3cc(F)cc(C#N)c3)cs2)N=C1N. The third-order valence-corrected chi connectivity index (χ3v) is 5.40. The van der Waals surface area contributed by atoms with Crippen molar-refractivity contribution in [3.8, 4) is 17.2 Å². The lowest BCUT2D eigenvalue weighted by molar-refractivity contribution is -0.140. The van der Waals surface area contributed by atoms with Crippen LogP contribution in [0.1, 0.15) is 17.4 Å². The third kappa shape index (κ3) is 2.77. The van der Waals surface area contributed by atoms with Crippen molar-refractivity contribution in [1.82, 2.24) is 4.90 Å². The summed E-state index contributed by atoms with van der Waals surface area (Å²) in [6.07, 6.45) is -1.38. The van der Waals surface area contributed by atoms with E-state index in [1.165, 1.54) is 24.5 Å². The van der Waals surface area contributed by atoms with E-state index in [2.05, 4.69) is 4.99 Å². The number of likely N-dealkylation sites (N-methyl/N-ethyl adjacent to an activating group) is 1. The van der Waals surface area contributed by atoms with Gasteiger partial charge >= 0.3 is 0 Å². The van der Waals surface area contributed by atoms with Gasteiger partial charge in [0.05, 0.1) is 11.6 Å². The summed E-state index contributed by atoms with van der Waals surface area (Å²) in [4.78, 5) is 18.2. The molecular formula is C17H15FN4O2S. The Kier molecular flexibility index (Phi) is 4.06. The molecule has 0 fully saturated rings. The van der Waals surface area contributed by atoms with Gasteiger partial charge in [0.2, 0.25) is 0 Å². The first-order valence-corrected chi connectivity index (χ1v) is 8.25. The first kappa shape index (κ1) is 17.1. The fraction of sp³-hybridized carbons (Fsp3) is 0.235. The molecule has 0 spiro atoms. The molecule has 0 saturated heterocycles. The predicted molar refractivity (Wildman–Crippen MR) is 92.2 cm³/mol. The van der Waals surface area contributed by atoms with E-state index in [4.69, 9.17) is 11.0 Å². The number of aliphatic hydroxyl groups excluding tert-OH is 1. The maximum Gasteiger partial charge on any atom is 0.260 e. The van der Waals surface area contributed by atoms with Gasteiger partial charge in [-0.1, -0.05) is 0 Å². The van der Waals surface area contributed by atoms with Gasteiger partial charge in [0, 0.05) is 11.9 Å². The molecule has 3 N–H and O–H groups in total. The molecule has 0 bridgehead atoms. The Hall–Kier alpha value is -2.76. The summed E-state index contributed by atoms with van der Waals surface area (Å²) in [6.45, 7) is 1.62. The number of aliphatic hydroxyl groups is 1. The van der Waals surface area contributed by atoms with Crippen molar-refractivity contribution in [3.63, 3.8) is 0 Å². The summed E-state index contributed by atoms with van der Waals surface area (Å²) >= 11 is 1.28. The Bertz CT molecular complexity index is 933. The van der Waals surface area contributed by atoms with Gasteiger partial charge in [0.25, 0.3) is 5.91 Å². The zero-order valence-electron chi connectivity index (χ0n) is 13.5. The second-order valence-electron chi connectivity index (χ2n) is 5.96. The lowest BCUT2D eigenvalue weighted by Crippen LogP contribution is -2.56. The van der Waals surface area contributed by atoms with E-state index in [-0.39, 0.29) is 11.5 Å². The van der Waals surface area contributed by atoms with Gasteiger partial charge in [-0.2, -0.15) is 5.26 Å². The van der Waals surface area contributed by atoms with Crippen molar-refractivity contribution in [2.45, 2.75) is 18.6 Å². The molecule has 6 nitrogen and oxygen atoms in total.